The van der Waals surface area contributed by atoms with E-state index < -0.39 is 10.0 Å². The lowest BCUT2D eigenvalue weighted by Crippen LogP contribution is -2.12. The highest BCUT2D eigenvalue weighted by Gasteiger charge is 2.21. The highest BCUT2D eigenvalue weighted by molar-refractivity contribution is 7.90. The molecule has 2 heterocycles. The number of pyridine rings is 1. The van der Waals surface area contributed by atoms with Crippen molar-refractivity contribution < 1.29 is 8.42 Å². The van der Waals surface area contributed by atoms with Gasteiger partial charge < -0.3 is 5.32 Å². The Balaban J connectivity index is 1.84. The molecule has 0 radical (unpaired) electrons. The summed E-state index contributed by atoms with van der Waals surface area (Å²) >= 11 is 0. The number of hydrogen-bond acceptors (Lipinski definition) is 4. The van der Waals surface area contributed by atoms with Crippen LogP contribution in [0, 0.1) is 6.92 Å². The molecular weight excluding hydrogens is 382 g/mol. The molecule has 0 bridgehead atoms. The van der Waals surface area contributed by atoms with E-state index in [0.29, 0.717) is 12.1 Å². The minimum absolute atomic E-state index is 0.178. The Morgan fingerprint density at radius 3 is 2.48 bits per heavy atom. The molecule has 4 rings (SSSR count). The van der Waals surface area contributed by atoms with Crippen molar-refractivity contribution in [2.24, 2.45) is 0 Å². The number of fused-ring (bicyclic) bond motifs is 1. The smallest absolute Gasteiger partial charge is 0.269 e. The van der Waals surface area contributed by atoms with E-state index in [1.54, 1.807) is 24.5 Å². The first kappa shape index (κ1) is 19.4. The van der Waals surface area contributed by atoms with Crippen molar-refractivity contribution in [2.75, 3.05) is 7.05 Å². The van der Waals surface area contributed by atoms with Gasteiger partial charge in [0, 0.05) is 30.5 Å². The van der Waals surface area contributed by atoms with Gasteiger partial charge in [0.15, 0.2) is 0 Å². The first-order valence-corrected chi connectivity index (χ1v) is 10.9. The third-order valence-electron chi connectivity index (χ3n) is 5.01. The van der Waals surface area contributed by atoms with Crippen LogP contribution >= 0.6 is 0 Å². The van der Waals surface area contributed by atoms with Crippen molar-refractivity contribution in [3.63, 3.8) is 0 Å². The van der Waals surface area contributed by atoms with Crippen LogP contribution in [0.2, 0.25) is 0 Å². The number of hydrogen-bond donors (Lipinski definition) is 1. The topological polar surface area (TPSA) is 64.0 Å². The molecule has 0 spiro atoms. The van der Waals surface area contributed by atoms with Gasteiger partial charge in [0.05, 0.1) is 5.52 Å². The molecule has 0 saturated heterocycles. The van der Waals surface area contributed by atoms with Crippen LogP contribution in [0.25, 0.3) is 10.9 Å². The summed E-state index contributed by atoms with van der Waals surface area (Å²) in [6, 6.07) is 17.7. The lowest BCUT2D eigenvalue weighted by Gasteiger charge is -2.09. The van der Waals surface area contributed by atoms with E-state index in [4.69, 9.17) is 0 Å². The molecule has 148 valence electrons. The summed E-state index contributed by atoms with van der Waals surface area (Å²) in [7, 11) is -1.88. The number of aromatic nitrogens is 2. The van der Waals surface area contributed by atoms with E-state index in [1.165, 1.54) is 21.3 Å². The van der Waals surface area contributed by atoms with E-state index in [0.717, 1.165) is 22.9 Å². The summed E-state index contributed by atoms with van der Waals surface area (Å²) in [5.41, 5.74) is 5.11. The molecular formula is C23H23N3O2S. The van der Waals surface area contributed by atoms with E-state index in [-0.39, 0.29) is 4.90 Å². The molecule has 0 unspecified atom stereocenters. The molecule has 0 amide bonds. The van der Waals surface area contributed by atoms with E-state index in [2.05, 4.69) is 47.6 Å². The molecule has 1 N–H and O–H groups in total. The Labute approximate surface area is 171 Å². The fourth-order valence-electron chi connectivity index (χ4n) is 3.51. The third-order valence-corrected chi connectivity index (χ3v) is 6.66. The Bertz CT molecular complexity index is 1240. The second-order valence-electron chi connectivity index (χ2n) is 7.19. The molecule has 2 aromatic carbocycles. The maximum Gasteiger partial charge on any atom is 0.269 e. The summed E-state index contributed by atoms with van der Waals surface area (Å²) in [5.74, 6) is 0. The first-order chi connectivity index (χ1) is 14.0. The first-order valence-electron chi connectivity index (χ1n) is 9.47. The number of nitrogens with zero attached hydrogens (tertiary/aromatic N) is 2. The third kappa shape index (κ3) is 3.81. The molecule has 0 atom stereocenters. The lowest BCUT2D eigenvalue weighted by atomic mass is 10.0. The van der Waals surface area contributed by atoms with Crippen molar-refractivity contribution in [1.82, 2.24) is 14.3 Å². The van der Waals surface area contributed by atoms with Gasteiger partial charge in [0.2, 0.25) is 0 Å². The van der Waals surface area contributed by atoms with Gasteiger partial charge in [-0.15, -0.1) is 0 Å². The molecule has 5 nitrogen and oxygen atoms in total. The van der Waals surface area contributed by atoms with Crippen molar-refractivity contribution in [3.05, 3.63) is 95.4 Å². The summed E-state index contributed by atoms with van der Waals surface area (Å²) in [6.07, 6.45) is 5.41. The monoisotopic (exact) mass is 405 g/mol. The molecule has 4 aromatic rings. The van der Waals surface area contributed by atoms with Gasteiger partial charge >= 0.3 is 0 Å². The summed E-state index contributed by atoms with van der Waals surface area (Å²) in [6.45, 7) is 2.65. The summed E-state index contributed by atoms with van der Waals surface area (Å²) in [4.78, 5) is 4.15. The Kier molecular flexibility index (Phi) is 5.22. The number of benzene rings is 2. The average molecular weight is 406 g/mol. The standard InChI is InChI=1S/C23H23N3O2S/c1-17-5-7-18(8-6-17)12-19-9-10-22-20(14-24-2)16-26(23(22)13-19)29(27,28)21-4-3-11-25-15-21/h3-11,13,15-16,24H,12,14H2,1-2H3. The van der Waals surface area contributed by atoms with Crippen LogP contribution in [-0.2, 0) is 23.0 Å². The Morgan fingerprint density at radius 2 is 1.79 bits per heavy atom. The van der Waals surface area contributed by atoms with Crippen LogP contribution in [0.1, 0.15) is 22.3 Å². The number of aryl methyl sites for hydroxylation is 1. The van der Waals surface area contributed by atoms with Crippen LogP contribution in [0.3, 0.4) is 0 Å². The minimum atomic E-state index is -3.73. The van der Waals surface area contributed by atoms with Crippen LogP contribution in [-0.4, -0.2) is 24.4 Å². The lowest BCUT2D eigenvalue weighted by molar-refractivity contribution is 0.588. The minimum Gasteiger partial charge on any atom is -0.316 e. The largest absolute Gasteiger partial charge is 0.316 e. The van der Waals surface area contributed by atoms with Gasteiger partial charge in [-0.1, -0.05) is 42.0 Å². The highest BCUT2D eigenvalue weighted by atomic mass is 32.2. The fraction of sp³-hybridized carbons (Fsp3) is 0.174. The zero-order chi connectivity index (χ0) is 20.4. The molecule has 0 aliphatic heterocycles. The molecule has 6 heteroatoms. The van der Waals surface area contributed by atoms with Crippen LogP contribution in [0.15, 0.2) is 78.1 Å². The molecule has 29 heavy (non-hydrogen) atoms. The maximum atomic E-state index is 13.3. The average Bonchev–Trinajstić information content (AvgIpc) is 3.09. The molecule has 2 aromatic heterocycles. The Morgan fingerprint density at radius 1 is 1.03 bits per heavy atom. The summed E-state index contributed by atoms with van der Waals surface area (Å²) in [5, 5.41) is 4.05. The predicted octanol–water partition coefficient (Wildman–Crippen LogP) is 3.89. The highest BCUT2D eigenvalue weighted by Crippen LogP contribution is 2.27. The normalized spacial score (nSPS) is 11.8. The van der Waals surface area contributed by atoms with Crippen LogP contribution in [0.4, 0.5) is 0 Å². The van der Waals surface area contributed by atoms with Crippen molar-refractivity contribution in [1.29, 1.82) is 0 Å². The van der Waals surface area contributed by atoms with Crippen molar-refractivity contribution >= 4 is 20.9 Å². The van der Waals surface area contributed by atoms with Gasteiger partial charge in [-0.25, -0.2) is 12.4 Å². The van der Waals surface area contributed by atoms with Crippen LogP contribution in [0.5, 0.6) is 0 Å². The summed E-state index contributed by atoms with van der Waals surface area (Å²) < 4.78 is 27.9. The quantitative estimate of drug-likeness (QED) is 0.529. The van der Waals surface area contributed by atoms with E-state index in [9.17, 15) is 8.42 Å². The number of rotatable bonds is 6. The second kappa shape index (κ2) is 7.81. The van der Waals surface area contributed by atoms with Gasteiger partial charge in [-0.05, 0) is 55.3 Å². The van der Waals surface area contributed by atoms with Gasteiger partial charge in [-0.3, -0.25) is 4.98 Å². The second-order valence-corrected chi connectivity index (χ2v) is 9.00. The molecule has 0 fully saturated rings. The zero-order valence-electron chi connectivity index (χ0n) is 16.5. The van der Waals surface area contributed by atoms with Crippen LogP contribution < -0.4 is 5.32 Å². The van der Waals surface area contributed by atoms with Crippen molar-refractivity contribution in [2.45, 2.75) is 24.8 Å². The molecule has 0 aliphatic rings. The van der Waals surface area contributed by atoms with Gasteiger partial charge in [0.25, 0.3) is 10.0 Å². The fourth-order valence-corrected chi connectivity index (χ4v) is 4.85. The molecule has 0 aliphatic carbocycles. The van der Waals surface area contributed by atoms with E-state index in [1.807, 2.05) is 19.2 Å². The zero-order valence-corrected chi connectivity index (χ0v) is 17.3. The number of nitrogens with one attached hydrogen (secondary N) is 1. The maximum absolute atomic E-state index is 13.3. The SMILES string of the molecule is CNCc1cn(S(=O)(=O)c2cccnc2)c2cc(Cc3ccc(C)cc3)ccc12. The molecule has 0 saturated carbocycles. The van der Waals surface area contributed by atoms with Gasteiger partial charge in [-0.2, -0.15) is 0 Å². The Hall–Kier alpha value is -2.96. The van der Waals surface area contributed by atoms with E-state index >= 15 is 0 Å². The van der Waals surface area contributed by atoms with Gasteiger partial charge in [0.1, 0.15) is 4.90 Å². The van der Waals surface area contributed by atoms with Crippen molar-refractivity contribution in [3.8, 4) is 0 Å². The predicted molar refractivity (Wildman–Crippen MR) is 116 cm³/mol.